The average molecular weight is 350 g/mol. The monoisotopic (exact) mass is 349 g/mol. The van der Waals surface area contributed by atoms with Crippen molar-refractivity contribution in [2.24, 2.45) is 5.92 Å². The lowest BCUT2D eigenvalue weighted by Gasteiger charge is -2.18. The fourth-order valence-electron chi connectivity index (χ4n) is 2.79. The number of rotatable bonds is 7. The molecule has 0 aliphatic rings. The number of hydrogen-bond donors (Lipinski definition) is 1. The molecule has 0 saturated carbocycles. The van der Waals surface area contributed by atoms with E-state index in [0.29, 0.717) is 5.92 Å². The predicted octanol–water partition coefficient (Wildman–Crippen LogP) is 3.59. The average Bonchev–Trinajstić information content (AvgIpc) is 2.76. The zero-order valence-corrected chi connectivity index (χ0v) is 14.7. The molecule has 0 radical (unpaired) electrons. The first kappa shape index (κ1) is 16.2. The van der Waals surface area contributed by atoms with Gasteiger partial charge in [-0.05, 0) is 67.7 Å². The molecule has 0 saturated heterocycles. The minimum atomic E-state index is 0.565. The molecule has 1 heterocycles. The second kappa shape index (κ2) is 7.76. The second-order valence-corrected chi connectivity index (χ2v) is 6.27. The van der Waals surface area contributed by atoms with Gasteiger partial charge >= 0.3 is 0 Å². The third kappa shape index (κ3) is 4.17. The van der Waals surface area contributed by atoms with Gasteiger partial charge in [-0.25, -0.2) is 0 Å². The Morgan fingerprint density at radius 2 is 1.95 bits per heavy atom. The Morgan fingerprint density at radius 1 is 1.24 bits per heavy atom. The van der Waals surface area contributed by atoms with E-state index in [1.165, 1.54) is 15.7 Å². The van der Waals surface area contributed by atoms with E-state index < -0.39 is 0 Å². The summed E-state index contributed by atoms with van der Waals surface area (Å²) >= 11 is 3.70. The molecule has 0 fully saturated rings. The summed E-state index contributed by atoms with van der Waals surface area (Å²) in [6.45, 7) is 6.13. The van der Waals surface area contributed by atoms with Crippen LogP contribution >= 0.6 is 15.9 Å². The zero-order chi connectivity index (χ0) is 15.2. The third-order valence-corrected chi connectivity index (χ3v) is 4.83. The van der Waals surface area contributed by atoms with Gasteiger partial charge in [-0.2, -0.15) is 5.10 Å². The van der Waals surface area contributed by atoms with Crippen molar-refractivity contribution in [3.8, 4) is 0 Å². The van der Waals surface area contributed by atoms with Crippen LogP contribution in [-0.2, 0) is 19.4 Å². The minimum absolute atomic E-state index is 0.565. The Kier molecular flexibility index (Phi) is 6.00. The van der Waals surface area contributed by atoms with Crippen molar-refractivity contribution in [1.29, 1.82) is 0 Å². The molecule has 1 aromatic carbocycles. The number of hydrogen-bond acceptors (Lipinski definition) is 2. The van der Waals surface area contributed by atoms with Crippen LogP contribution in [0.15, 0.2) is 34.8 Å². The number of halogens is 1. The van der Waals surface area contributed by atoms with E-state index in [4.69, 9.17) is 0 Å². The predicted molar refractivity (Wildman–Crippen MR) is 91.6 cm³/mol. The van der Waals surface area contributed by atoms with Gasteiger partial charge in [-0.3, -0.25) is 4.68 Å². The van der Waals surface area contributed by atoms with E-state index in [-0.39, 0.29) is 0 Å². The Balaban J connectivity index is 2.16. The molecule has 0 amide bonds. The molecule has 0 bridgehead atoms. The highest BCUT2D eigenvalue weighted by atomic mass is 79.9. The first-order valence-corrected chi connectivity index (χ1v) is 8.35. The van der Waals surface area contributed by atoms with Crippen molar-refractivity contribution < 1.29 is 0 Å². The van der Waals surface area contributed by atoms with Gasteiger partial charge in [0.05, 0.1) is 15.9 Å². The van der Waals surface area contributed by atoms with Crippen LogP contribution in [0.3, 0.4) is 0 Å². The Labute approximate surface area is 135 Å². The van der Waals surface area contributed by atoms with Gasteiger partial charge in [0, 0.05) is 6.54 Å². The highest BCUT2D eigenvalue weighted by Gasteiger charge is 2.17. The van der Waals surface area contributed by atoms with E-state index in [1.807, 2.05) is 7.05 Å². The molecule has 1 atom stereocenters. The molecular formula is C17H24BrN3. The lowest BCUT2D eigenvalue weighted by molar-refractivity contribution is 0.469. The summed E-state index contributed by atoms with van der Waals surface area (Å²) < 4.78 is 3.28. The molecule has 2 aromatic rings. The van der Waals surface area contributed by atoms with E-state index in [1.54, 1.807) is 0 Å². The quantitative estimate of drug-likeness (QED) is 0.827. The third-order valence-electron chi connectivity index (χ3n) is 3.79. The van der Waals surface area contributed by atoms with Gasteiger partial charge in [0.1, 0.15) is 0 Å². The number of benzene rings is 1. The molecule has 3 nitrogen and oxygen atoms in total. The Morgan fingerprint density at radius 3 is 2.57 bits per heavy atom. The number of aromatic nitrogens is 2. The smallest absolute Gasteiger partial charge is 0.0738 e. The van der Waals surface area contributed by atoms with Crippen LogP contribution in [0.25, 0.3) is 0 Å². The Hall–Kier alpha value is -1.13. The summed E-state index contributed by atoms with van der Waals surface area (Å²) in [5.41, 5.74) is 3.79. The maximum absolute atomic E-state index is 4.60. The second-order valence-electron chi connectivity index (χ2n) is 5.48. The number of nitrogens with one attached hydrogen (secondary N) is 1. The Bertz CT molecular complexity index is 563. The summed E-state index contributed by atoms with van der Waals surface area (Å²) in [7, 11) is 2.02. The maximum atomic E-state index is 4.60. The topological polar surface area (TPSA) is 29.9 Å². The van der Waals surface area contributed by atoms with Gasteiger partial charge in [0.2, 0.25) is 0 Å². The summed E-state index contributed by atoms with van der Waals surface area (Å²) in [4.78, 5) is 0. The van der Waals surface area contributed by atoms with Crippen LogP contribution in [0.1, 0.15) is 23.9 Å². The summed E-state index contributed by atoms with van der Waals surface area (Å²) in [5.74, 6) is 0.565. The molecule has 114 valence electrons. The largest absolute Gasteiger partial charge is 0.319 e. The lowest BCUT2D eigenvalue weighted by Crippen LogP contribution is -2.24. The van der Waals surface area contributed by atoms with Gasteiger partial charge in [-0.1, -0.05) is 30.3 Å². The van der Waals surface area contributed by atoms with Crippen LogP contribution in [0.2, 0.25) is 0 Å². The van der Waals surface area contributed by atoms with Crippen molar-refractivity contribution in [1.82, 2.24) is 15.1 Å². The maximum Gasteiger partial charge on any atom is 0.0738 e. The number of aryl methyl sites for hydroxylation is 2. The van der Waals surface area contributed by atoms with Gasteiger partial charge < -0.3 is 5.32 Å². The molecule has 4 heteroatoms. The highest BCUT2D eigenvalue weighted by Crippen LogP contribution is 2.25. The first-order chi connectivity index (χ1) is 10.2. The van der Waals surface area contributed by atoms with Crippen LogP contribution in [0.5, 0.6) is 0 Å². The minimum Gasteiger partial charge on any atom is -0.319 e. The molecule has 2 rings (SSSR count). The molecule has 1 N–H and O–H groups in total. The molecular weight excluding hydrogens is 326 g/mol. The van der Waals surface area contributed by atoms with Crippen molar-refractivity contribution in [2.75, 3.05) is 13.6 Å². The van der Waals surface area contributed by atoms with Crippen molar-refractivity contribution in [3.05, 3.63) is 51.8 Å². The van der Waals surface area contributed by atoms with Gasteiger partial charge in [0.25, 0.3) is 0 Å². The van der Waals surface area contributed by atoms with E-state index >= 15 is 0 Å². The van der Waals surface area contributed by atoms with Gasteiger partial charge in [0.15, 0.2) is 0 Å². The van der Waals surface area contributed by atoms with E-state index in [0.717, 1.165) is 31.6 Å². The number of nitrogens with zero attached hydrogens (tertiary/aromatic N) is 2. The van der Waals surface area contributed by atoms with Crippen LogP contribution in [-0.4, -0.2) is 23.4 Å². The molecule has 1 aromatic heterocycles. The van der Waals surface area contributed by atoms with E-state index in [2.05, 4.69) is 75.2 Å². The molecule has 0 aliphatic carbocycles. The van der Waals surface area contributed by atoms with Crippen molar-refractivity contribution in [3.63, 3.8) is 0 Å². The standard InChI is InChI=1S/C17H24BrN3/c1-4-21-16(17(18)13(2)20-21)11-15(12-19-3)10-14-8-6-5-7-9-14/h5-9,15,19H,4,10-12H2,1-3H3. The zero-order valence-electron chi connectivity index (χ0n) is 13.1. The van der Waals surface area contributed by atoms with Crippen molar-refractivity contribution >= 4 is 15.9 Å². The summed E-state index contributed by atoms with van der Waals surface area (Å²) in [6, 6.07) is 10.7. The fourth-order valence-corrected chi connectivity index (χ4v) is 3.24. The highest BCUT2D eigenvalue weighted by molar-refractivity contribution is 9.10. The summed E-state index contributed by atoms with van der Waals surface area (Å²) in [5, 5.41) is 7.93. The van der Waals surface area contributed by atoms with Crippen LogP contribution in [0.4, 0.5) is 0 Å². The fraction of sp³-hybridized carbons (Fsp3) is 0.471. The van der Waals surface area contributed by atoms with Crippen molar-refractivity contribution in [2.45, 2.75) is 33.2 Å². The molecule has 0 spiro atoms. The summed E-state index contributed by atoms with van der Waals surface area (Å²) in [6.07, 6.45) is 2.12. The van der Waals surface area contributed by atoms with Crippen LogP contribution < -0.4 is 5.32 Å². The van der Waals surface area contributed by atoms with E-state index in [9.17, 15) is 0 Å². The lowest BCUT2D eigenvalue weighted by atomic mass is 9.94. The first-order valence-electron chi connectivity index (χ1n) is 7.56. The molecule has 0 aliphatic heterocycles. The SMILES string of the molecule is CCn1nc(C)c(Br)c1CC(CNC)Cc1ccccc1. The van der Waals surface area contributed by atoms with Crippen LogP contribution in [0, 0.1) is 12.8 Å². The normalized spacial score (nSPS) is 12.6. The molecule has 21 heavy (non-hydrogen) atoms. The molecule has 1 unspecified atom stereocenters. The van der Waals surface area contributed by atoms with Gasteiger partial charge in [-0.15, -0.1) is 0 Å².